The van der Waals surface area contributed by atoms with E-state index in [0.717, 1.165) is 17.4 Å². The molecule has 1 aliphatic carbocycles. The molecule has 0 radical (unpaired) electrons. The number of hydrogen-bond donors (Lipinski definition) is 1. The van der Waals surface area contributed by atoms with Crippen molar-refractivity contribution in [3.63, 3.8) is 0 Å². The van der Waals surface area contributed by atoms with Gasteiger partial charge in [-0.1, -0.05) is 48.2 Å². The fourth-order valence-corrected chi connectivity index (χ4v) is 4.07. The first-order chi connectivity index (χ1) is 13.7. The molecule has 1 aliphatic rings. The second-order valence-corrected chi connectivity index (χ2v) is 7.77. The van der Waals surface area contributed by atoms with Crippen molar-refractivity contribution in [2.24, 2.45) is 7.05 Å². The molecule has 28 heavy (non-hydrogen) atoms. The van der Waals surface area contributed by atoms with E-state index in [2.05, 4.69) is 39.8 Å². The molecule has 4 rings (SSSR count). The van der Waals surface area contributed by atoms with Gasteiger partial charge in [-0.15, -0.1) is 10.2 Å². The number of methoxy groups -OCH3 is 1. The fourth-order valence-electron chi connectivity index (χ4n) is 3.35. The summed E-state index contributed by atoms with van der Waals surface area (Å²) in [7, 11) is 3.57. The van der Waals surface area contributed by atoms with Crippen LogP contribution in [0.5, 0.6) is 5.75 Å². The Labute approximate surface area is 168 Å². The van der Waals surface area contributed by atoms with Gasteiger partial charge in [0.1, 0.15) is 11.6 Å². The number of carbonyl (C=O) groups is 1. The van der Waals surface area contributed by atoms with Crippen LogP contribution in [0, 0.1) is 0 Å². The molecule has 144 valence electrons. The van der Waals surface area contributed by atoms with Crippen LogP contribution in [-0.4, -0.2) is 33.5 Å². The van der Waals surface area contributed by atoms with Crippen molar-refractivity contribution >= 4 is 23.4 Å². The monoisotopic (exact) mass is 394 g/mol. The summed E-state index contributed by atoms with van der Waals surface area (Å²) < 4.78 is 7.19. The molecule has 2 aromatic carbocycles. The zero-order chi connectivity index (χ0) is 19.5. The molecule has 3 aromatic rings. The summed E-state index contributed by atoms with van der Waals surface area (Å²) >= 11 is 1.39. The second-order valence-electron chi connectivity index (χ2n) is 6.83. The van der Waals surface area contributed by atoms with E-state index >= 15 is 0 Å². The molecule has 2 unspecified atom stereocenters. The molecule has 1 aromatic heterocycles. The molecular formula is C21H22N4O2S. The molecule has 2 atom stereocenters. The fraction of sp³-hybridized carbons (Fsp3) is 0.286. The Kier molecular flexibility index (Phi) is 5.34. The maximum atomic E-state index is 12.3. The predicted octanol–water partition coefficient (Wildman–Crippen LogP) is 3.83. The number of thioether (sulfide) groups is 1. The van der Waals surface area contributed by atoms with Crippen molar-refractivity contribution in [2.75, 3.05) is 18.2 Å². The predicted molar refractivity (Wildman–Crippen MR) is 110 cm³/mol. The summed E-state index contributed by atoms with van der Waals surface area (Å²) in [5, 5.41) is 12.3. The third-order valence-corrected chi connectivity index (χ3v) is 5.92. The largest absolute Gasteiger partial charge is 0.497 e. The van der Waals surface area contributed by atoms with Gasteiger partial charge in [-0.3, -0.25) is 4.79 Å². The van der Waals surface area contributed by atoms with E-state index < -0.39 is 0 Å². The Morgan fingerprint density at radius 3 is 2.79 bits per heavy atom. The number of nitrogens with zero attached hydrogens (tertiary/aromatic N) is 3. The number of hydrogen-bond acceptors (Lipinski definition) is 5. The number of amides is 1. The van der Waals surface area contributed by atoms with E-state index in [0.29, 0.717) is 23.3 Å². The number of aromatic nitrogens is 3. The molecule has 0 bridgehead atoms. The maximum absolute atomic E-state index is 12.3. The van der Waals surface area contributed by atoms with Gasteiger partial charge in [-0.2, -0.15) is 0 Å². The lowest BCUT2D eigenvalue weighted by Gasteiger charge is -2.07. The van der Waals surface area contributed by atoms with Crippen LogP contribution >= 0.6 is 11.8 Å². The molecule has 0 spiro atoms. The van der Waals surface area contributed by atoms with Crippen molar-refractivity contribution < 1.29 is 9.53 Å². The third kappa shape index (κ3) is 4.04. The van der Waals surface area contributed by atoms with Crippen molar-refractivity contribution in [1.82, 2.24) is 14.8 Å². The molecule has 1 N–H and O–H groups in total. The highest BCUT2D eigenvalue weighted by Crippen LogP contribution is 2.54. The normalized spacial score (nSPS) is 17.9. The Bertz CT molecular complexity index is 974. The highest BCUT2D eigenvalue weighted by molar-refractivity contribution is 7.99. The van der Waals surface area contributed by atoms with Gasteiger partial charge in [0.05, 0.1) is 12.9 Å². The van der Waals surface area contributed by atoms with Crippen LogP contribution in [0.4, 0.5) is 5.69 Å². The summed E-state index contributed by atoms with van der Waals surface area (Å²) in [6.07, 6.45) is 1.09. The Balaban J connectivity index is 1.34. The molecule has 1 heterocycles. The van der Waals surface area contributed by atoms with E-state index in [1.807, 2.05) is 35.9 Å². The topological polar surface area (TPSA) is 69.0 Å². The molecule has 1 fully saturated rings. The standard InChI is InChI=1S/C21H22N4O2S/c1-25-20(18-12-17(18)14-7-4-3-5-8-14)23-24-21(25)28-13-19(26)22-15-9-6-10-16(11-15)27-2/h3-11,17-18H,12-13H2,1-2H3,(H,22,26). The molecule has 7 heteroatoms. The lowest BCUT2D eigenvalue weighted by molar-refractivity contribution is -0.113. The van der Waals surface area contributed by atoms with Crippen molar-refractivity contribution in [1.29, 1.82) is 0 Å². The zero-order valence-corrected chi connectivity index (χ0v) is 16.6. The first kappa shape index (κ1) is 18.6. The van der Waals surface area contributed by atoms with E-state index in [1.54, 1.807) is 13.2 Å². The van der Waals surface area contributed by atoms with Gasteiger partial charge in [0.2, 0.25) is 5.91 Å². The zero-order valence-electron chi connectivity index (χ0n) is 15.8. The highest BCUT2D eigenvalue weighted by Gasteiger charge is 2.42. The van der Waals surface area contributed by atoms with Gasteiger partial charge in [-0.05, 0) is 30.0 Å². The Hall–Kier alpha value is -2.80. The van der Waals surface area contributed by atoms with E-state index in [9.17, 15) is 4.79 Å². The smallest absolute Gasteiger partial charge is 0.234 e. The Morgan fingerprint density at radius 2 is 2.00 bits per heavy atom. The Morgan fingerprint density at radius 1 is 1.18 bits per heavy atom. The van der Waals surface area contributed by atoms with E-state index in [1.165, 1.54) is 17.3 Å². The van der Waals surface area contributed by atoms with Crippen LogP contribution in [-0.2, 0) is 11.8 Å². The van der Waals surface area contributed by atoms with Crippen LogP contribution in [0.15, 0.2) is 59.8 Å². The third-order valence-electron chi connectivity index (χ3n) is 4.90. The van der Waals surface area contributed by atoms with Crippen molar-refractivity contribution in [3.8, 4) is 5.75 Å². The summed E-state index contributed by atoms with van der Waals surface area (Å²) in [5.74, 6) is 2.80. The van der Waals surface area contributed by atoms with Crippen molar-refractivity contribution in [3.05, 3.63) is 66.0 Å². The van der Waals surface area contributed by atoms with Gasteiger partial charge in [0.15, 0.2) is 5.16 Å². The molecule has 6 nitrogen and oxygen atoms in total. The lowest BCUT2D eigenvalue weighted by Crippen LogP contribution is -2.14. The van der Waals surface area contributed by atoms with Crippen molar-refractivity contribution in [2.45, 2.75) is 23.4 Å². The van der Waals surface area contributed by atoms with Gasteiger partial charge in [0, 0.05) is 24.7 Å². The molecule has 1 amide bonds. The number of benzene rings is 2. The summed E-state index contributed by atoms with van der Waals surface area (Å²) in [6, 6.07) is 17.8. The number of rotatable bonds is 7. The minimum absolute atomic E-state index is 0.0867. The van der Waals surface area contributed by atoms with Crippen LogP contribution in [0.2, 0.25) is 0 Å². The molecule has 0 aliphatic heterocycles. The van der Waals surface area contributed by atoms with Gasteiger partial charge >= 0.3 is 0 Å². The lowest BCUT2D eigenvalue weighted by atomic mass is 10.1. The minimum atomic E-state index is -0.0867. The SMILES string of the molecule is COc1cccc(NC(=O)CSc2nnc(C3CC3c3ccccc3)n2C)c1. The first-order valence-corrected chi connectivity index (χ1v) is 10.1. The summed E-state index contributed by atoms with van der Waals surface area (Å²) in [6.45, 7) is 0. The highest BCUT2D eigenvalue weighted by atomic mass is 32.2. The average Bonchev–Trinajstić information content (AvgIpc) is 3.43. The van der Waals surface area contributed by atoms with Crippen LogP contribution in [0.1, 0.15) is 29.6 Å². The molecule has 1 saturated carbocycles. The summed E-state index contributed by atoms with van der Waals surface area (Å²) in [5.41, 5.74) is 2.06. The van der Waals surface area contributed by atoms with E-state index in [-0.39, 0.29) is 11.7 Å². The maximum Gasteiger partial charge on any atom is 0.234 e. The number of nitrogens with one attached hydrogen (secondary N) is 1. The van der Waals surface area contributed by atoms with Crippen LogP contribution < -0.4 is 10.1 Å². The number of anilines is 1. The number of carbonyl (C=O) groups excluding carboxylic acids is 1. The second kappa shape index (κ2) is 8.06. The number of ether oxygens (including phenoxy) is 1. The van der Waals surface area contributed by atoms with Gasteiger partial charge in [-0.25, -0.2) is 0 Å². The molecule has 0 saturated heterocycles. The first-order valence-electron chi connectivity index (χ1n) is 9.16. The quantitative estimate of drug-likeness (QED) is 0.617. The summed E-state index contributed by atoms with van der Waals surface area (Å²) in [4.78, 5) is 12.3. The van der Waals surface area contributed by atoms with Crippen LogP contribution in [0.3, 0.4) is 0 Å². The van der Waals surface area contributed by atoms with E-state index in [4.69, 9.17) is 4.74 Å². The average molecular weight is 395 g/mol. The van der Waals surface area contributed by atoms with Gasteiger partial charge < -0.3 is 14.6 Å². The molecular weight excluding hydrogens is 372 g/mol. The minimum Gasteiger partial charge on any atom is -0.497 e. The van der Waals surface area contributed by atoms with Crippen LogP contribution in [0.25, 0.3) is 0 Å². The van der Waals surface area contributed by atoms with Gasteiger partial charge in [0.25, 0.3) is 0 Å².